The molecule has 0 aliphatic carbocycles. The van der Waals surface area contributed by atoms with E-state index < -0.39 is 12.1 Å². The first-order valence-corrected chi connectivity index (χ1v) is 7.51. The molecule has 0 aliphatic rings. The number of benzene rings is 1. The normalized spacial score (nSPS) is 14.2. The molecule has 21 heavy (non-hydrogen) atoms. The molecule has 0 spiro atoms. The minimum Gasteiger partial charge on any atom is -0.481 e. The van der Waals surface area contributed by atoms with E-state index in [2.05, 4.69) is 19.2 Å². The van der Waals surface area contributed by atoms with Crippen molar-refractivity contribution < 1.29 is 15.0 Å². The fourth-order valence-electron chi connectivity index (χ4n) is 2.33. The Morgan fingerprint density at radius 2 is 1.95 bits per heavy atom. The largest absolute Gasteiger partial charge is 0.481 e. The van der Waals surface area contributed by atoms with Crippen molar-refractivity contribution in [1.82, 2.24) is 5.32 Å². The van der Waals surface area contributed by atoms with E-state index in [1.165, 1.54) is 0 Å². The fraction of sp³-hybridized carbons (Fsp3) is 0.588. The molecule has 0 bridgehead atoms. The van der Waals surface area contributed by atoms with Gasteiger partial charge in [0, 0.05) is 12.5 Å². The molecule has 0 saturated carbocycles. The average molecular weight is 293 g/mol. The summed E-state index contributed by atoms with van der Waals surface area (Å²) >= 11 is 0. The number of hydrogen-bond acceptors (Lipinski definition) is 3. The van der Waals surface area contributed by atoms with Gasteiger partial charge in [-0.25, -0.2) is 0 Å². The van der Waals surface area contributed by atoms with Gasteiger partial charge in [-0.2, -0.15) is 0 Å². The van der Waals surface area contributed by atoms with E-state index in [1.807, 2.05) is 32.0 Å². The van der Waals surface area contributed by atoms with E-state index in [0.29, 0.717) is 12.3 Å². The van der Waals surface area contributed by atoms with Crippen LogP contribution in [0.3, 0.4) is 0 Å². The smallest absolute Gasteiger partial charge is 0.303 e. The molecule has 2 atom stereocenters. The molecule has 118 valence electrons. The minimum atomic E-state index is -0.834. The quantitative estimate of drug-likeness (QED) is 0.689. The van der Waals surface area contributed by atoms with Gasteiger partial charge in [-0.05, 0) is 43.9 Å². The summed E-state index contributed by atoms with van der Waals surface area (Å²) in [5, 5.41) is 22.8. The predicted octanol–water partition coefficient (Wildman–Crippen LogP) is 2.82. The third-order valence-electron chi connectivity index (χ3n) is 3.59. The molecule has 0 saturated heterocycles. The van der Waals surface area contributed by atoms with E-state index in [9.17, 15) is 9.90 Å². The Morgan fingerprint density at radius 1 is 1.29 bits per heavy atom. The maximum Gasteiger partial charge on any atom is 0.303 e. The third-order valence-corrected chi connectivity index (χ3v) is 3.59. The van der Waals surface area contributed by atoms with Gasteiger partial charge in [-0.3, -0.25) is 4.79 Å². The summed E-state index contributed by atoms with van der Waals surface area (Å²) in [5.41, 5.74) is 3.00. The lowest BCUT2D eigenvalue weighted by Gasteiger charge is -2.26. The van der Waals surface area contributed by atoms with Gasteiger partial charge in [-0.15, -0.1) is 0 Å². The molecule has 0 radical (unpaired) electrons. The van der Waals surface area contributed by atoms with E-state index in [-0.39, 0.29) is 12.5 Å². The Hall–Kier alpha value is -1.39. The fourth-order valence-corrected chi connectivity index (χ4v) is 2.33. The van der Waals surface area contributed by atoms with Gasteiger partial charge < -0.3 is 15.5 Å². The zero-order valence-electron chi connectivity index (χ0n) is 13.4. The average Bonchev–Trinajstić information content (AvgIpc) is 2.40. The highest BCUT2D eigenvalue weighted by molar-refractivity contribution is 5.66. The second-order valence-electron chi connectivity index (χ2n) is 6.15. The number of aliphatic hydroxyl groups excluding tert-OH is 1. The number of carboxylic acids is 1. The summed E-state index contributed by atoms with van der Waals surface area (Å²) in [4.78, 5) is 10.8. The number of carbonyl (C=O) groups is 1. The number of rotatable bonds is 8. The molecule has 0 amide bonds. The Morgan fingerprint density at radius 3 is 2.52 bits per heavy atom. The molecule has 0 heterocycles. The Bertz CT molecular complexity index is 471. The van der Waals surface area contributed by atoms with Crippen molar-refractivity contribution in [3.05, 3.63) is 34.9 Å². The van der Waals surface area contributed by atoms with Gasteiger partial charge in [0.05, 0.1) is 6.10 Å². The number of aryl methyl sites for hydroxylation is 2. The van der Waals surface area contributed by atoms with E-state index in [1.54, 1.807) is 0 Å². The lowest BCUT2D eigenvalue weighted by Crippen LogP contribution is -2.38. The monoisotopic (exact) mass is 293 g/mol. The lowest BCUT2D eigenvalue weighted by atomic mass is 9.93. The first-order chi connectivity index (χ1) is 9.81. The van der Waals surface area contributed by atoms with Gasteiger partial charge in [0.15, 0.2) is 0 Å². The molecule has 1 aromatic carbocycles. The van der Waals surface area contributed by atoms with Crippen LogP contribution in [0.15, 0.2) is 18.2 Å². The number of aliphatic carboxylic acids is 1. The van der Waals surface area contributed by atoms with Crippen LogP contribution < -0.4 is 5.32 Å². The standard InChI is InChI=1S/C17H27NO3/c1-11(2)10-18-15(7-8-16(19)20)17(21)14-9-12(3)5-6-13(14)4/h5-6,9,11,15,17-18,21H,7-8,10H2,1-4H3,(H,19,20). The van der Waals surface area contributed by atoms with Crippen LogP contribution in [-0.2, 0) is 4.79 Å². The summed E-state index contributed by atoms with van der Waals surface area (Å²) in [7, 11) is 0. The van der Waals surface area contributed by atoms with Gasteiger partial charge >= 0.3 is 5.97 Å². The van der Waals surface area contributed by atoms with Crippen LogP contribution in [0.2, 0.25) is 0 Å². The van der Waals surface area contributed by atoms with Crippen molar-refractivity contribution in [2.24, 2.45) is 5.92 Å². The van der Waals surface area contributed by atoms with Crippen molar-refractivity contribution in [2.45, 2.75) is 52.7 Å². The van der Waals surface area contributed by atoms with E-state index >= 15 is 0 Å². The van der Waals surface area contributed by atoms with Crippen molar-refractivity contribution in [3.63, 3.8) is 0 Å². The van der Waals surface area contributed by atoms with E-state index in [4.69, 9.17) is 5.11 Å². The van der Waals surface area contributed by atoms with Crippen molar-refractivity contribution in [1.29, 1.82) is 0 Å². The molecular weight excluding hydrogens is 266 g/mol. The van der Waals surface area contributed by atoms with Crippen LogP contribution in [0.25, 0.3) is 0 Å². The molecule has 4 heteroatoms. The van der Waals surface area contributed by atoms with Crippen molar-refractivity contribution in [2.75, 3.05) is 6.54 Å². The molecule has 3 N–H and O–H groups in total. The summed E-state index contributed by atoms with van der Waals surface area (Å²) in [6.45, 7) is 8.89. The number of aliphatic hydroxyl groups is 1. The van der Waals surface area contributed by atoms with Gasteiger partial charge in [0.1, 0.15) is 0 Å². The highest BCUT2D eigenvalue weighted by atomic mass is 16.4. The summed E-state index contributed by atoms with van der Waals surface area (Å²) in [6, 6.07) is 5.73. The van der Waals surface area contributed by atoms with Crippen LogP contribution in [0.4, 0.5) is 0 Å². The molecule has 0 aromatic heterocycles. The minimum absolute atomic E-state index is 0.0533. The molecule has 0 fully saturated rings. The van der Waals surface area contributed by atoms with Gasteiger partial charge in [-0.1, -0.05) is 37.6 Å². The molecular formula is C17H27NO3. The third kappa shape index (κ3) is 5.86. The zero-order chi connectivity index (χ0) is 16.0. The maximum absolute atomic E-state index is 10.8. The topological polar surface area (TPSA) is 69.6 Å². The molecule has 1 aromatic rings. The predicted molar refractivity (Wildman–Crippen MR) is 84.4 cm³/mol. The molecule has 0 aliphatic heterocycles. The Kier molecular flexibility index (Phi) is 6.85. The first-order valence-electron chi connectivity index (χ1n) is 7.51. The highest BCUT2D eigenvalue weighted by Gasteiger charge is 2.23. The Labute approximate surface area is 127 Å². The summed E-state index contributed by atoms with van der Waals surface area (Å²) < 4.78 is 0. The lowest BCUT2D eigenvalue weighted by molar-refractivity contribution is -0.137. The molecule has 4 nitrogen and oxygen atoms in total. The summed E-state index contributed by atoms with van der Waals surface area (Å²) in [6.07, 6.45) is -0.225. The number of carboxylic acid groups (broad SMARTS) is 1. The Balaban J connectivity index is 2.88. The number of nitrogens with one attached hydrogen (secondary N) is 1. The summed E-state index contributed by atoms with van der Waals surface area (Å²) in [5.74, 6) is -0.386. The van der Waals surface area contributed by atoms with Crippen LogP contribution >= 0.6 is 0 Å². The first kappa shape index (κ1) is 17.7. The van der Waals surface area contributed by atoms with Crippen molar-refractivity contribution in [3.8, 4) is 0 Å². The van der Waals surface area contributed by atoms with Crippen molar-refractivity contribution >= 4 is 5.97 Å². The molecule has 2 unspecified atom stereocenters. The second kappa shape index (κ2) is 8.15. The van der Waals surface area contributed by atoms with Gasteiger partial charge in [0.25, 0.3) is 0 Å². The molecule has 1 rings (SSSR count). The van der Waals surface area contributed by atoms with E-state index in [0.717, 1.165) is 23.2 Å². The zero-order valence-corrected chi connectivity index (χ0v) is 13.4. The second-order valence-corrected chi connectivity index (χ2v) is 6.15. The van der Waals surface area contributed by atoms with Crippen LogP contribution in [0.1, 0.15) is 49.5 Å². The van der Waals surface area contributed by atoms with Crippen LogP contribution in [0.5, 0.6) is 0 Å². The van der Waals surface area contributed by atoms with Crippen LogP contribution in [0, 0.1) is 19.8 Å². The van der Waals surface area contributed by atoms with Gasteiger partial charge in [0.2, 0.25) is 0 Å². The highest BCUT2D eigenvalue weighted by Crippen LogP contribution is 2.24. The van der Waals surface area contributed by atoms with Crippen LogP contribution in [-0.4, -0.2) is 28.8 Å². The maximum atomic E-state index is 10.8. The number of hydrogen-bond donors (Lipinski definition) is 3. The SMILES string of the molecule is Cc1ccc(C)c(C(O)C(CCC(=O)O)NCC(C)C)c1.